The van der Waals surface area contributed by atoms with Crippen molar-refractivity contribution in [1.29, 1.82) is 0 Å². The summed E-state index contributed by atoms with van der Waals surface area (Å²) in [6.45, 7) is 4.09. The zero-order valence-corrected chi connectivity index (χ0v) is 19.8. The number of benzene rings is 1. The SMILES string of the molecule is CCOC(=O)[C@@H](CCc1ccccc1)N[C@@H](C)C(=O)N1CCC[C@@H]1C(=O)O.O=C(O)/C=C/C(=O)O. The van der Waals surface area contributed by atoms with Crippen molar-refractivity contribution < 1.29 is 44.0 Å². The van der Waals surface area contributed by atoms with Gasteiger partial charge in [0.15, 0.2) is 0 Å². The minimum Gasteiger partial charge on any atom is -0.480 e. The summed E-state index contributed by atoms with van der Waals surface area (Å²) < 4.78 is 5.14. The van der Waals surface area contributed by atoms with Crippen LogP contribution < -0.4 is 5.32 Å². The van der Waals surface area contributed by atoms with Crippen molar-refractivity contribution in [2.45, 2.75) is 57.7 Å². The molecule has 1 aromatic rings. The molecule has 11 nitrogen and oxygen atoms in total. The summed E-state index contributed by atoms with van der Waals surface area (Å²) in [6.07, 6.45) is 3.40. The second kappa shape index (κ2) is 15.2. The standard InChI is InChI=1S/C20H28N2O5.C4H4O4/c1-3-27-20(26)16(12-11-15-8-5-4-6-9-15)21-14(2)18(23)22-13-7-10-17(22)19(24)25;5-3(6)1-2-4(7)8/h4-6,8-9,14,16-17,21H,3,7,10-13H2,1-2H3,(H,24,25);1-2H,(H,5,6)(H,7,8)/b;2-1+/t14-,16+,17+;/m0./s1. The van der Waals surface area contributed by atoms with Crippen LogP contribution in [0.15, 0.2) is 42.5 Å². The Morgan fingerprint density at radius 2 is 1.69 bits per heavy atom. The summed E-state index contributed by atoms with van der Waals surface area (Å²) in [6, 6.07) is 7.69. The lowest BCUT2D eigenvalue weighted by molar-refractivity contribution is -0.150. The highest BCUT2D eigenvalue weighted by Crippen LogP contribution is 2.19. The monoisotopic (exact) mass is 492 g/mol. The Bertz CT molecular complexity index is 886. The highest BCUT2D eigenvalue weighted by Gasteiger charge is 2.36. The number of rotatable bonds is 11. The minimum absolute atomic E-state index is 0.262. The number of esters is 1. The summed E-state index contributed by atoms with van der Waals surface area (Å²) >= 11 is 0. The van der Waals surface area contributed by atoms with Gasteiger partial charge in [-0.2, -0.15) is 0 Å². The number of nitrogens with one attached hydrogen (secondary N) is 1. The zero-order chi connectivity index (χ0) is 26.4. The Balaban J connectivity index is 0.000000658. The second-order valence-electron chi connectivity index (χ2n) is 7.75. The lowest BCUT2D eigenvalue weighted by atomic mass is 10.0. The van der Waals surface area contributed by atoms with Crippen LogP contribution in [0.1, 0.15) is 38.7 Å². The molecular formula is C24H32N2O9. The highest BCUT2D eigenvalue weighted by molar-refractivity contribution is 5.89. The first kappa shape index (κ1) is 29.3. The van der Waals surface area contributed by atoms with Gasteiger partial charge in [-0.1, -0.05) is 30.3 Å². The topological polar surface area (TPSA) is 171 Å². The number of hydrogen-bond donors (Lipinski definition) is 4. The third kappa shape index (κ3) is 10.8. The number of likely N-dealkylation sites (tertiary alicyclic amines) is 1. The number of hydrogen-bond acceptors (Lipinski definition) is 7. The van der Waals surface area contributed by atoms with E-state index in [0.717, 1.165) is 5.56 Å². The molecule has 4 N–H and O–H groups in total. The molecule has 1 fully saturated rings. The third-order valence-electron chi connectivity index (χ3n) is 5.15. The van der Waals surface area contributed by atoms with E-state index >= 15 is 0 Å². The van der Waals surface area contributed by atoms with Crippen LogP contribution in [-0.4, -0.2) is 81.3 Å². The van der Waals surface area contributed by atoms with Gasteiger partial charge in [0.1, 0.15) is 12.1 Å². The average molecular weight is 493 g/mol. The van der Waals surface area contributed by atoms with Crippen LogP contribution in [0.3, 0.4) is 0 Å². The maximum absolute atomic E-state index is 12.7. The number of amides is 1. The van der Waals surface area contributed by atoms with Gasteiger partial charge < -0.3 is 25.0 Å². The average Bonchev–Trinajstić information content (AvgIpc) is 3.31. The fourth-order valence-corrected chi connectivity index (χ4v) is 3.52. The summed E-state index contributed by atoms with van der Waals surface area (Å²) in [5.41, 5.74) is 1.10. The predicted octanol–water partition coefficient (Wildman–Crippen LogP) is 1.32. The number of carbonyl (C=O) groups excluding carboxylic acids is 2. The number of ether oxygens (including phenoxy) is 1. The number of aryl methyl sites for hydroxylation is 1. The molecule has 0 saturated carbocycles. The van der Waals surface area contributed by atoms with Gasteiger partial charge in [0.05, 0.1) is 12.6 Å². The maximum Gasteiger partial charge on any atom is 0.328 e. The fourth-order valence-electron chi connectivity index (χ4n) is 3.52. The Labute approximate surface area is 203 Å². The van der Waals surface area contributed by atoms with Gasteiger partial charge in [-0.15, -0.1) is 0 Å². The Kier molecular flexibility index (Phi) is 12.7. The molecule has 192 valence electrons. The van der Waals surface area contributed by atoms with Gasteiger partial charge in [0.2, 0.25) is 5.91 Å². The fraction of sp³-hybridized carbons (Fsp3) is 0.458. The molecule has 35 heavy (non-hydrogen) atoms. The Hall–Kier alpha value is -3.73. The Morgan fingerprint density at radius 3 is 2.20 bits per heavy atom. The van der Waals surface area contributed by atoms with Crippen molar-refractivity contribution in [3.8, 4) is 0 Å². The van der Waals surface area contributed by atoms with Gasteiger partial charge in [-0.05, 0) is 45.1 Å². The van der Waals surface area contributed by atoms with Crippen molar-refractivity contribution in [3.05, 3.63) is 48.0 Å². The molecular weight excluding hydrogens is 460 g/mol. The van der Waals surface area contributed by atoms with E-state index in [9.17, 15) is 29.1 Å². The number of carboxylic acid groups (broad SMARTS) is 3. The molecule has 0 unspecified atom stereocenters. The predicted molar refractivity (Wildman–Crippen MR) is 125 cm³/mol. The van der Waals surface area contributed by atoms with Gasteiger partial charge in [-0.25, -0.2) is 14.4 Å². The lowest BCUT2D eigenvalue weighted by Crippen LogP contribution is -2.53. The van der Waals surface area contributed by atoms with E-state index in [-0.39, 0.29) is 12.5 Å². The quantitative estimate of drug-likeness (QED) is 0.261. The highest BCUT2D eigenvalue weighted by atomic mass is 16.5. The van der Waals surface area contributed by atoms with Crippen LogP contribution in [0, 0.1) is 0 Å². The molecule has 3 atom stereocenters. The van der Waals surface area contributed by atoms with Gasteiger partial charge in [0.25, 0.3) is 0 Å². The van der Waals surface area contributed by atoms with Crippen molar-refractivity contribution in [1.82, 2.24) is 10.2 Å². The van der Waals surface area contributed by atoms with Crippen LogP contribution in [0.5, 0.6) is 0 Å². The lowest BCUT2D eigenvalue weighted by Gasteiger charge is -2.27. The first-order chi connectivity index (χ1) is 16.6. The molecule has 1 amide bonds. The number of aliphatic carboxylic acids is 3. The Morgan fingerprint density at radius 1 is 1.09 bits per heavy atom. The summed E-state index contributed by atoms with van der Waals surface area (Å²) in [7, 11) is 0. The van der Waals surface area contributed by atoms with E-state index in [4.69, 9.17) is 14.9 Å². The third-order valence-corrected chi connectivity index (χ3v) is 5.15. The molecule has 2 rings (SSSR count). The summed E-state index contributed by atoms with van der Waals surface area (Å²) in [4.78, 5) is 56.8. The molecule has 0 aliphatic carbocycles. The number of nitrogens with zero attached hydrogens (tertiary/aromatic N) is 1. The van der Waals surface area contributed by atoms with Crippen LogP contribution in [0.25, 0.3) is 0 Å². The van der Waals surface area contributed by atoms with E-state index in [2.05, 4.69) is 5.32 Å². The normalized spacial score (nSPS) is 16.6. The van der Waals surface area contributed by atoms with Crippen LogP contribution in [0.4, 0.5) is 0 Å². The zero-order valence-electron chi connectivity index (χ0n) is 19.8. The van der Waals surface area contributed by atoms with Gasteiger partial charge >= 0.3 is 23.9 Å². The smallest absolute Gasteiger partial charge is 0.328 e. The van der Waals surface area contributed by atoms with Crippen molar-refractivity contribution in [2.24, 2.45) is 0 Å². The molecule has 1 heterocycles. The molecule has 1 aliphatic rings. The molecule has 1 aliphatic heterocycles. The van der Waals surface area contributed by atoms with E-state index in [1.165, 1.54) is 4.90 Å². The summed E-state index contributed by atoms with van der Waals surface area (Å²) in [5, 5.41) is 27.9. The molecule has 0 aromatic heterocycles. The second-order valence-corrected chi connectivity index (χ2v) is 7.75. The van der Waals surface area contributed by atoms with E-state index in [0.29, 0.717) is 44.4 Å². The molecule has 0 bridgehead atoms. The maximum atomic E-state index is 12.7. The molecule has 1 aromatic carbocycles. The van der Waals surface area contributed by atoms with Gasteiger partial charge in [0, 0.05) is 18.7 Å². The first-order valence-electron chi connectivity index (χ1n) is 11.2. The van der Waals surface area contributed by atoms with Crippen molar-refractivity contribution in [2.75, 3.05) is 13.2 Å². The molecule has 1 saturated heterocycles. The minimum atomic E-state index is -1.26. The molecule has 11 heteroatoms. The molecule has 0 radical (unpaired) electrons. The van der Waals surface area contributed by atoms with E-state index < -0.39 is 42.0 Å². The van der Waals surface area contributed by atoms with Crippen molar-refractivity contribution in [3.63, 3.8) is 0 Å². The summed E-state index contributed by atoms with van der Waals surface area (Å²) in [5.74, 6) is -4.20. The van der Waals surface area contributed by atoms with E-state index in [1.807, 2.05) is 30.3 Å². The van der Waals surface area contributed by atoms with E-state index in [1.54, 1.807) is 13.8 Å². The number of carbonyl (C=O) groups is 5. The molecule has 0 spiro atoms. The van der Waals surface area contributed by atoms with Crippen LogP contribution in [0.2, 0.25) is 0 Å². The first-order valence-corrected chi connectivity index (χ1v) is 11.2. The van der Waals surface area contributed by atoms with Crippen molar-refractivity contribution >= 4 is 29.8 Å². The van der Waals surface area contributed by atoms with Crippen LogP contribution in [-0.2, 0) is 35.1 Å². The van der Waals surface area contributed by atoms with Gasteiger partial charge in [-0.3, -0.25) is 14.9 Å². The largest absolute Gasteiger partial charge is 0.480 e. The number of carboxylic acids is 3. The van der Waals surface area contributed by atoms with Crippen LogP contribution >= 0.6 is 0 Å².